The number of carbonyl (C=O) groups is 3. The summed E-state index contributed by atoms with van der Waals surface area (Å²) in [4.78, 5) is 34.7. The van der Waals surface area contributed by atoms with Gasteiger partial charge in [-0.25, -0.2) is 14.4 Å². The number of hydrogen-bond acceptors (Lipinski definition) is 10. The molecule has 152 valence electrons. The molecule has 0 aliphatic rings. The van der Waals surface area contributed by atoms with Crippen LogP contribution in [0.3, 0.4) is 0 Å². The van der Waals surface area contributed by atoms with Gasteiger partial charge in [0.05, 0.1) is 19.8 Å². The van der Waals surface area contributed by atoms with Crippen LogP contribution in [-0.4, -0.2) is 72.2 Å². The van der Waals surface area contributed by atoms with Crippen molar-refractivity contribution in [2.45, 2.75) is 12.4 Å². The second kappa shape index (κ2) is 12.0. The van der Waals surface area contributed by atoms with Crippen LogP contribution in [0.2, 0.25) is 0 Å². The summed E-state index contributed by atoms with van der Waals surface area (Å²) < 4.78 is 19.7. The molecule has 0 atom stereocenters. The first kappa shape index (κ1) is 24.5. The number of esters is 3. The molecule has 10 heteroatoms. The summed E-state index contributed by atoms with van der Waals surface area (Å²) in [6.45, 7) is 7.07. The van der Waals surface area contributed by atoms with Crippen molar-refractivity contribution in [2.75, 3.05) is 33.0 Å². The third-order valence-corrected chi connectivity index (χ3v) is 3.33. The highest BCUT2D eigenvalue weighted by Gasteiger charge is 2.43. The number of hydrogen-bond donors (Lipinski definition) is 3. The molecule has 0 radical (unpaired) electrons. The van der Waals surface area contributed by atoms with Crippen LogP contribution in [0.25, 0.3) is 0 Å². The first-order chi connectivity index (χ1) is 12.8. The van der Waals surface area contributed by atoms with Crippen molar-refractivity contribution < 1.29 is 48.7 Å². The molecule has 0 aromatic rings. The lowest BCUT2D eigenvalue weighted by atomic mass is 9.88. The summed E-state index contributed by atoms with van der Waals surface area (Å²) in [6, 6.07) is 0. The standard InChI is InChI=1S/C17H24O10/c1-4-13(21)25-17(26-14(22)5-2,27-15(23)6-3)12-24-8-7-16(9-18,10-19)11-20/h4-6,18-20H,1-3,7-12H2. The largest absolute Gasteiger partial charge is 0.449 e. The molecule has 0 bridgehead atoms. The summed E-state index contributed by atoms with van der Waals surface area (Å²) in [6.07, 6.45) is 2.22. The van der Waals surface area contributed by atoms with E-state index in [-0.39, 0.29) is 13.0 Å². The Balaban J connectivity index is 5.34. The third kappa shape index (κ3) is 8.13. The highest BCUT2D eigenvalue weighted by molar-refractivity contribution is 5.85. The van der Waals surface area contributed by atoms with E-state index in [0.717, 1.165) is 18.2 Å². The van der Waals surface area contributed by atoms with Gasteiger partial charge in [-0.2, -0.15) is 0 Å². The van der Waals surface area contributed by atoms with Crippen LogP contribution in [0.5, 0.6) is 0 Å². The zero-order valence-electron chi connectivity index (χ0n) is 14.8. The molecule has 3 N–H and O–H groups in total. The fourth-order valence-corrected chi connectivity index (χ4v) is 1.61. The quantitative estimate of drug-likeness (QED) is 0.149. The SMILES string of the molecule is C=CC(=O)OC(COCCC(CO)(CO)CO)(OC(=O)C=C)OC(=O)C=C. The predicted molar refractivity (Wildman–Crippen MR) is 90.7 cm³/mol. The van der Waals surface area contributed by atoms with E-state index < -0.39 is 55.7 Å². The van der Waals surface area contributed by atoms with E-state index in [1.165, 1.54) is 0 Å². The van der Waals surface area contributed by atoms with Gasteiger partial charge in [-0.3, -0.25) is 0 Å². The van der Waals surface area contributed by atoms with Gasteiger partial charge in [0.15, 0.2) is 6.61 Å². The van der Waals surface area contributed by atoms with Crippen molar-refractivity contribution in [1.82, 2.24) is 0 Å². The zero-order valence-corrected chi connectivity index (χ0v) is 14.8. The van der Waals surface area contributed by atoms with Gasteiger partial charge in [0.1, 0.15) is 0 Å². The third-order valence-electron chi connectivity index (χ3n) is 3.33. The van der Waals surface area contributed by atoms with Crippen LogP contribution in [0, 0.1) is 5.41 Å². The van der Waals surface area contributed by atoms with Gasteiger partial charge in [-0.1, -0.05) is 19.7 Å². The van der Waals surface area contributed by atoms with Gasteiger partial charge in [0, 0.05) is 30.2 Å². The Labute approximate surface area is 156 Å². The van der Waals surface area contributed by atoms with Crippen LogP contribution in [0.15, 0.2) is 38.0 Å². The van der Waals surface area contributed by atoms with Crippen LogP contribution in [0.1, 0.15) is 6.42 Å². The van der Waals surface area contributed by atoms with Crippen molar-refractivity contribution in [2.24, 2.45) is 5.41 Å². The average molecular weight is 388 g/mol. The number of aliphatic hydroxyl groups excluding tert-OH is 3. The Kier molecular flexibility index (Phi) is 10.8. The topological polar surface area (TPSA) is 149 Å². The minimum Gasteiger partial charge on any atom is -0.396 e. The fraction of sp³-hybridized carbons (Fsp3) is 0.471. The maximum absolute atomic E-state index is 11.6. The van der Waals surface area contributed by atoms with Gasteiger partial charge in [0.2, 0.25) is 0 Å². The van der Waals surface area contributed by atoms with E-state index in [1.807, 2.05) is 0 Å². The summed E-state index contributed by atoms with van der Waals surface area (Å²) >= 11 is 0. The van der Waals surface area contributed by atoms with Crippen molar-refractivity contribution in [3.63, 3.8) is 0 Å². The van der Waals surface area contributed by atoms with Crippen molar-refractivity contribution in [3.8, 4) is 0 Å². The summed E-state index contributed by atoms with van der Waals surface area (Å²) in [5.74, 6) is -5.82. The number of ether oxygens (including phenoxy) is 4. The molecule has 27 heavy (non-hydrogen) atoms. The maximum atomic E-state index is 11.6. The summed E-state index contributed by atoms with van der Waals surface area (Å²) in [5, 5.41) is 27.8. The Morgan fingerprint density at radius 2 is 1.15 bits per heavy atom. The molecule has 0 rings (SSSR count). The lowest BCUT2D eigenvalue weighted by Crippen LogP contribution is -2.48. The average Bonchev–Trinajstić information content (AvgIpc) is 2.68. The molecular formula is C17H24O10. The monoisotopic (exact) mass is 388 g/mol. The molecule has 0 aliphatic carbocycles. The van der Waals surface area contributed by atoms with Crippen LogP contribution in [0.4, 0.5) is 0 Å². The predicted octanol–water partition coefficient (Wildman–Crippen LogP) is -0.802. The van der Waals surface area contributed by atoms with Crippen molar-refractivity contribution >= 4 is 17.9 Å². The number of carbonyl (C=O) groups excluding carboxylic acids is 3. The fourth-order valence-electron chi connectivity index (χ4n) is 1.61. The van der Waals surface area contributed by atoms with E-state index in [1.54, 1.807) is 0 Å². The summed E-state index contributed by atoms with van der Waals surface area (Å²) in [7, 11) is 0. The van der Waals surface area contributed by atoms with Crippen molar-refractivity contribution in [3.05, 3.63) is 38.0 Å². The molecule has 0 fully saturated rings. The smallest absolute Gasteiger partial charge is 0.396 e. The van der Waals surface area contributed by atoms with E-state index in [2.05, 4.69) is 19.7 Å². The van der Waals surface area contributed by atoms with Gasteiger partial charge in [0.25, 0.3) is 0 Å². The Hall–Kier alpha value is -2.53. The molecule has 10 nitrogen and oxygen atoms in total. The normalized spacial score (nSPS) is 11.2. The minimum absolute atomic E-state index is 0.00715. The van der Waals surface area contributed by atoms with E-state index in [9.17, 15) is 29.7 Å². The van der Waals surface area contributed by atoms with Crippen LogP contribution < -0.4 is 0 Å². The number of aliphatic hydroxyl groups is 3. The second-order valence-electron chi connectivity index (χ2n) is 5.34. The molecule has 0 saturated carbocycles. The first-order valence-electron chi connectivity index (χ1n) is 7.72. The lowest BCUT2D eigenvalue weighted by Gasteiger charge is -2.31. The molecular weight excluding hydrogens is 364 g/mol. The summed E-state index contributed by atoms with van der Waals surface area (Å²) in [5.41, 5.74) is -1.21. The molecule has 0 aliphatic heterocycles. The Bertz CT molecular complexity index is 487. The van der Waals surface area contributed by atoms with Crippen molar-refractivity contribution in [1.29, 1.82) is 0 Å². The zero-order chi connectivity index (χ0) is 20.9. The molecule has 0 aromatic carbocycles. The van der Waals surface area contributed by atoms with Gasteiger partial charge >= 0.3 is 23.9 Å². The molecule has 0 saturated heterocycles. The van der Waals surface area contributed by atoms with Crippen LogP contribution >= 0.6 is 0 Å². The highest BCUT2D eigenvalue weighted by Crippen LogP contribution is 2.22. The molecule has 0 spiro atoms. The maximum Gasteiger partial charge on any atom is 0.449 e. The molecule has 0 aromatic heterocycles. The molecule has 0 amide bonds. The minimum atomic E-state index is -2.58. The second-order valence-corrected chi connectivity index (χ2v) is 5.34. The molecule has 0 heterocycles. The Morgan fingerprint density at radius 3 is 1.44 bits per heavy atom. The van der Waals surface area contributed by atoms with E-state index >= 15 is 0 Å². The van der Waals surface area contributed by atoms with E-state index in [4.69, 9.17) is 18.9 Å². The van der Waals surface area contributed by atoms with Gasteiger partial charge in [-0.05, 0) is 6.42 Å². The first-order valence-corrected chi connectivity index (χ1v) is 7.72. The van der Waals surface area contributed by atoms with Gasteiger partial charge in [-0.15, -0.1) is 0 Å². The van der Waals surface area contributed by atoms with Crippen LogP contribution in [-0.2, 0) is 33.3 Å². The van der Waals surface area contributed by atoms with E-state index in [0.29, 0.717) is 0 Å². The molecule has 0 unspecified atom stereocenters. The highest BCUT2D eigenvalue weighted by atomic mass is 16.9. The Morgan fingerprint density at radius 1 is 0.778 bits per heavy atom. The lowest BCUT2D eigenvalue weighted by molar-refractivity contribution is -0.340. The number of rotatable bonds is 14. The van der Waals surface area contributed by atoms with Gasteiger partial charge < -0.3 is 34.3 Å².